The number of carbonyl (C=O) groups excluding carboxylic acids is 1. The summed E-state index contributed by atoms with van der Waals surface area (Å²) < 4.78 is 68.0. The number of alkyl halides is 3. The first-order chi connectivity index (χ1) is 13.6. The Morgan fingerprint density at radius 1 is 1.07 bits per heavy atom. The predicted octanol–water partition coefficient (Wildman–Crippen LogP) is 3.79. The quantitative estimate of drug-likeness (QED) is 0.745. The molecule has 1 fully saturated rings. The predicted molar refractivity (Wildman–Crippen MR) is 101 cm³/mol. The molecule has 0 atom stereocenters. The fraction of sp³-hybridized carbons (Fsp3) is 0.350. The normalized spacial score (nSPS) is 15.9. The number of hydrogen-bond acceptors (Lipinski definition) is 4. The van der Waals surface area contributed by atoms with Crippen LogP contribution in [0.2, 0.25) is 0 Å². The van der Waals surface area contributed by atoms with Gasteiger partial charge in [-0.05, 0) is 30.3 Å². The summed E-state index contributed by atoms with van der Waals surface area (Å²) >= 11 is 0. The molecule has 3 rings (SSSR count). The Morgan fingerprint density at radius 3 is 2.34 bits per heavy atom. The van der Waals surface area contributed by atoms with E-state index in [0.717, 1.165) is 18.4 Å². The summed E-state index contributed by atoms with van der Waals surface area (Å²) in [5.41, 5.74) is -0.660. The molecule has 9 heteroatoms. The maximum atomic E-state index is 12.8. The fourth-order valence-corrected chi connectivity index (χ4v) is 4.13. The SMILES string of the molecule is CS(=O)(=O)c1ccccc1C(=O)N1CCC(Oc2cccc(C(F)(F)F)c2)CC1. The van der Waals surface area contributed by atoms with Crippen LogP contribution in [-0.2, 0) is 16.0 Å². The van der Waals surface area contributed by atoms with E-state index < -0.39 is 21.6 Å². The number of carbonyl (C=O) groups is 1. The zero-order chi connectivity index (χ0) is 21.2. The van der Waals surface area contributed by atoms with Crippen molar-refractivity contribution < 1.29 is 31.1 Å². The summed E-state index contributed by atoms with van der Waals surface area (Å²) in [6.45, 7) is 0.640. The van der Waals surface area contributed by atoms with Crippen LogP contribution >= 0.6 is 0 Å². The summed E-state index contributed by atoms with van der Waals surface area (Å²) in [6.07, 6.45) is -2.85. The second-order valence-electron chi connectivity index (χ2n) is 6.90. The third-order valence-electron chi connectivity index (χ3n) is 4.71. The zero-order valence-corrected chi connectivity index (χ0v) is 16.5. The van der Waals surface area contributed by atoms with Gasteiger partial charge in [-0.3, -0.25) is 4.79 Å². The molecular formula is C20H20F3NO4S. The first-order valence-corrected chi connectivity index (χ1v) is 10.9. The van der Waals surface area contributed by atoms with Crippen molar-refractivity contribution >= 4 is 15.7 Å². The summed E-state index contributed by atoms with van der Waals surface area (Å²) in [4.78, 5) is 14.3. The van der Waals surface area contributed by atoms with Crippen LogP contribution in [0, 0.1) is 0 Å². The largest absolute Gasteiger partial charge is 0.490 e. The van der Waals surface area contributed by atoms with E-state index in [1.807, 2.05) is 0 Å². The van der Waals surface area contributed by atoms with Gasteiger partial charge in [-0.2, -0.15) is 13.2 Å². The van der Waals surface area contributed by atoms with Gasteiger partial charge in [0.2, 0.25) is 0 Å². The second kappa shape index (κ2) is 8.06. The van der Waals surface area contributed by atoms with E-state index >= 15 is 0 Å². The Labute approximate surface area is 167 Å². The lowest BCUT2D eigenvalue weighted by molar-refractivity contribution is -0.137. The van der Waals surface area contributed by atoms with Gasteiger partial charge in [0.15, 0.2) is 9.84 Å². The molecule has 29 heavy (non-hydrogen) atoms. The smallest absolute Gasteiger partial charge is 0.416 e. The molecule has 1 saturated heterocycles. The summed E-state index contributed by atoms with van der Waals surface area (Å²) in [5, 5.41) is 0. The van der Waals surface area contributed by atoms with Gasteiger partial charge < -0.3 is 9.64 Å². The van der Waals surface area contributed by atoms with Crippen molar-refractivity contribution in [2.45, 2.75) is 30.0 Å². The van der Waals surface area contributed by atoms with E-state index in [1.54, 1.807) is 12.1 Å². The van der Waals surface area contributed by atoms with Gasteiger partial charge in [0.05, 0.1) is 16.0 Å². The zero-order valence-electron chi connectivity index (χ0n) is 15.6. The van der Waals surface area contributed by atoms with E-state index in [-0.39, 0.29) is 28.2 Å². The second-order valence-corrected chi connectivity index (χ2v) is 8.89. The van der Waals surface area contributed by atoms with E-state index in [0.29, 0.717) is 25.9 Å². The minimum Gasteiger partial charge on any atom is -0.490 e. The van der Waals surface area contributed by atoms with Crippen LogP contribution in [0.25, 0.3) is 0 Å². The Kier molecular flexibility index (Phi) is 5.88. The number of halogens is 3. The Bertz CT molecular complexity index is 997. The summed E-state index contributed by atoms with van der Waals surface area (Å²) in [7, 11) is -3.55. The van der Waals surface area contributed by atoms with Crippen molar-refractivity contribution in [2.75, 3.05) is 19.3 Å². The molecule has 1 aliphatic rings. The average molecular weight is 427 g/mol. The molecule has 5 nitrogen and oxygen atoms in total. The van der Waals surface area contributed by atoms with Crippen molar-refractivity contribution in [1.82, 2.24) is 4.90 Å². The molecular weight excluding hydrogens is 407 g/mol. The highest BCUT2D eigenvalue weighted by molar-refractivity contribution is 7.90. The number of ether oxygens (including phenoxy) is 1. The maximum absolute atomic E-state index is 12.8. The van der Waals surface area contributed by atoms with E-state index in [9.17, 15) is 26.4 Å². The average Bonchev–Trinajstić information content (AvgIpc) is 2.67. The molecule has 2 aromatic carbocycles. The fourth-order valence-electron chi connectivity index (χ4n) is 3.25. The van der Waals surface area contributed by atoms with E-state index in [1.165, 1.54) is 29.2 Å². The van der Waals surface area contributed by atoms with Gasteiger partial charge in [0.25, 0.3) is 5.91 Å². The number of piperidine rings is 1. The number of benzene rings is 2. The van der Waals surface area contributed by atoms with Gasteiger partial charge in [-0.1, -0.05) is 18.2 Å². The Morgan fingerprint density at radius 2 is 1.72 bits per heavy atom. The summed E-state index contributed by atoms with van der Waals surface area (Å²) in [6, 6.07) is 10.7. The molecule has 0 spiro atoms. The topological polar surface area (TPSA) is 63.7 Å². The van der Waals surface area contributed by atoms with Gasteiger partial charge in [0, 0.05) is 32.2 Å². The number of amides is 1. The molecule has 0 aliphatic carbocycles. The lowest BCUT2D eigenvalue weighted by atomic mass is 10.1. The van der Waals surface area contributed by atoms with Crippen molar-refractivity contribution in [3.8, 4) is 5.75 Å². The number of hydrogen-bond donors (Lipinski definition) is 0. The molecule has 0 radical (unpaired) electrons. The molecule has 1 heterocycles. The third-order valence-corrected chi connectivity index (χ3v) is 5.87. The molecule has 156 valence electrons. The highest BCUT2D eigenvalue weighted by Gasteiger charge is 2.31. The minimum atomic E-state index is -4.44. The number of likely N-dealkylation sites (tertiary alicyclic amines) is 1. The highest BCUT2D eigenvalue weighted by Crippen LogP contribution is 2.32. The first-order valence-electron chi connectivity index (χ1n) is 8.98. The number of sulfone groups is 1. The number of rotatable bonds is 4. The Hall–Kier alpha value is -2.55. The third kappa shape index (κ3) is 5.09. The highest BCUT2D eigenvalue weighted by atomic mass is 32.2. The van der Waals surface area contributed by atoms with Crippen LogP contribution < -0.4 is 4.74 Å². The molecule has 1 aliphatic heterocycles. The van der Waals surface area contributed by atoms with Crippen LogP contribution in [0.15, 0.2) is 53.4 Å². The lowest BCUT2D eigenvalue weighted by Crippen LogP contribution is -2.42. The monoisotopic (exact) mass is 427 g/mol. The van der Waals surface area contributed by atoms with Crippen molar-refractivity contribution in [2.24, 2.45) is 0 Å². The molecule has 1 amide bonds. The Balaban J connectivity index is 1.65. The van der Waals surface area contributed by atoms with Crippen LogP contribution in [0.5, 0.6) is 5.75 Å². The van der Waals surface area contributed by atoms with Crippen LogP contribution in [0.4, 0.5) is 13.2 Å². The van der Waals surface area contributed by atoms with E-state index in [4.69, 9.17) is 4.74 Å². The van der Waals surface area contributed by atoms with Crippen molar-refractivity contribution in [1.29, 1.82) is 0 Å². The molecule has 0 saturated carbocycles. The van der Waals surface area contributed by atoms with Gasteiger partial charge in [0.1, 0.15) is 11.9 Å². The minimum absolute atomic E-state index is 0.0210. The number of nitrogens with zero attached hydrogens (tertiary/aromatic N) is 1. The van der Waals surface area contributed by atoms with Gasteiger partial charge in [-0.25, -0.2) is 8.42 Å². The van der Waals surface area contributed by atoms with Crippen LogP contribution in [-0.4, -0.2) is 44.7 Å². The molecule has 2 aromatic rings. The molecule has 0 bridgehead atoms. The first kappa shape index (κ1) is 21.2. The van der Waals surface area contributed by atoms with Crippen LogP contribution in [0.1, 0.15) is 28.8 Å². The van der Waals surface area contributed by atoms with Gasteiger partial charge in [-0.15, -0.1) is 0 Å². The standard InChI is InChI=1S/C20H20F3NO4S/c1-29(26,27)18-8-3-2-7-17(18)19(25)24-11-9-15(10-12-24)28-16-6-4-5-14(13-16)20(21,22)23/h2-8,13,15H,9-12H2,1H3. The van der Waals surface area contributed by atoms with Crippen molar-refractivity contribution in [3.05, 3.63) is 59.7 Å². The molecule has 0 aromatic heterocycles. The maximum Gasteiger partial charge on any atom is 0.416 e. The molecule has 0 unspecified atom stereocenters. The lowest BCUT2D eigenvalue weighted by Gasteiger charge is -2.32. The van der Waals surface area contributed by atoms with Gasteiger partial charge >= 0.3 is 6.18 Å². The van der Waals surface area contributed by atoms with Crippen molar-refractivity contribution in [3.63, 3.8) is 0 Å². The molecule has 0 N–H and O–H groups in total. The summed E-state index contributed by atoms with van der Waals surface area (Å²) in [5.74, 6) is -0.254. The van der Waals surface area contributed by atoms with E-state index in [2.05, 4.69) is 0 Å². The van der Waals surface area contributed by atoms with Crippen LogP contribution in [0.3, 0.4) is 0 Å².